The van der Waals surface area contributed by atoms with Gasteiger partial charge in [0.25, 0.3) is 7.82 Å². The standard InChI is InChI=1S/C12H12N5O6P.Na/c18-3-6-8-9(23-24(19,20)22-8)12(21-6)17-5-14-7-10-13-1-2-16(10)4-15-11(7)17;/h1-2,4-6,8-9,12,18H,3H2,(H,19,20);/q;+1/p-1/t6-,8-,9+,12+;/m0./s1. The molecule has 1 N–H and O–H groups in total. The van der Waals surface area contributed by atoms with Gasteiger partial charge in [0.1, 0.15) is 24.6 Å². The van der Waals surface area contributed by atoms with Crippen molar-refractivity contribution in [3.63, 3.8) is 0 Å². The normalized spacial score (nSPS) is 34.5. The van der Waals surface area contributed by atoms with Crippen LogP contribution in [-0.2, 0) is 18.3 Å². The van der Waals surface area contributed by atoms with E-state index in [-0.39, 0.29) is 29.6 Å². The van der Waals surface area contributed by atoms with E-state index in [1.807, 2.05) is 0 Å². The van der Waals surface area contributed by atoms with E-state index in [0.717, 1.165) is 0 Å². The van der Waals surface area contributed by atoms with Crippen LogP contribution in [0.1, 0.15) is 6.23 Å². The Kier molecular flexibility index (Phi) is 4.27. The zero-order valence-corrected chi connectivity index (χ0v) is 15.9. The molecule has 0 spiro atoms. The Morgan fingerprint density at radius 1 is 1.20 bits per heavy atom. The summed E-state index contributed by atoms with van der Waals surface area (Å²) in [7, 11) is -4.41. The second-order valence-electron chi connectivity index (χ2n) is 5.56. The Bertz CT molecular complexity index is 993. The molecule has 2 aliphatic rings. The average molecular weight is 375 g/mol. The molecule has 0 bridgehead atoms. The molecular formula is C12H11N5NaO6P. The Morgan fingerprint density at radius 3 is 2.80 bits per heavy atom. The van der Waals surface area contributed by atoms with E-state index in [9.17, 15) is 14.6 Å². The van der Waals surface area contributed by atoms with E-state index < -0.39 is 39.0 Å². The predicted octanol–water partition coefficient (Wildman–Crippen LogP) is -3.77. The summed E-state index contributed by atoms with van der Waals surface area (Å²) >= 11 is 0. The smallest absolute Gasteiger partial charge is 0.756 e. The largest absolute Gasteiger partial charge is 1.00 e. The van der Waals surface area contributed by atoms with Gasteiger partial charge in [-0.3, -0.25) is 13.5 Å². The molecule has 126 valence electrons. The van der Waals surface area contributed by atoms with Crippen LogP contribution >= 0.6 is 7.82 Å². The second kappa shape index (κ2) is 6.08. The third-order valence-corrected chi connectivity index (χ3v) is 5.20. The molecule has 5 heterocycles. The number of hydrogen-bond acceptors (Lipinski definition) is 9. The third-order valence-electron chi connectivity index (χ3n) is 4.19. The molecule has 5 atom stereocenters. The van der Waals surface area contributed by atoms with Crippen molar-refractivity contribution in [3.8, 4) is 0 Å². The van der Waals surface area contributed by atoms with Gasteiger partial charge in [-0.2, -0.15) is 0 Å². The van der Waals surface area contributed by atoms with Crippen molar-refractivity contribution in [2.45, 2.75) is 24.5 Å². The molecule has 3 aromatic rings. The summed E-state index contributed by atoms with van der Waals surface area (Å²) in [5.41, 5.74) is 1.62. The molecule has 1 unspecified atom stereocenters. The maximum Gasteiger partial charge on any atom is 1.00 e. The Hall–Kier alpha value is -0.880. The number of aliphatic hydroxyl groups excluding tert-OH is 1. The number of aromatic nitrogens is 5. The summed E-state index contributed by atoms with van der Waals surface area (Å²) in [5.74, 6) is 0. The van der Waals surface area contributed by atoms with Gasteiger partial charge in [-0.1, -0.05) is 0 Å². The fourth-order valence-electron chi connectivity index (χ4n) is 3.17. The van der Waals surface area contributed by atoms with Gasteiger partial charge in [-0.15, -0.1) is 0 Å². The summed E-state index contributed by atoms with van der Waals surface area (Å²) in [4.78, 5) is 24.5. The van der Waals surface area contributed by atoms with Crippen LogP contribution in [0.2, 0.25) is 0 Å². The van der Waals surface area contributed by atoms with E-state index >= 15 is 0 Å². The third kappa shape index (κ3) is 2.59. The van der Waals surface area contributed by atoms with E-state index in [4.69, 9.17) is 13.8 Å². The van der Waals surface area contributed by atoms with Crippen LogP contribution in [0.25, 0.3) is 16.8 Å². The Labute approximate surface area is 162 Å². The first-order valence-electron chi connectivity index (χ1n) is 7.16. The van der Waals surface area contributed by atoms with E-state index in [1.165, 1.54) is 6.33 Å². The molecule has 0 amide bonds. The zero-order valence-electron chi connectivity index (χ0n) is 13.0. The number of imidazole rings is 2. The van der Waals surface area contributed by atoms with Crippen molar-refractivity contribution in [3.05, 3.63) is 25.0 Å². The van der Waals surface area contributed by atoms with Crippen molar-refractivity contribution in [1.82, 2.24) is 23.9 Å². The number of rotatable bonds is 2. The van der Waals surface area contributed by atoms with Crippen LogP contribution in [0.4, 0.5) is 0 Å². The van der Waals surface area contributed by atoms with Crippen LogP contribution in [0.15, 0.2) is 25.0 Å². The molecule has 2 saturated heterocycles. The number of aliphatic hydroxyl groups is 1. The van der Waals surface area contributed by atoms with Crippen molar-refractivity contribution in [2.24, 2.45) is 0 Å². The summed E-state index contributed by atoms with van der Waals surface area (Å²) in [5, 5.41) is 9.42. The zero-order chi connectivity index (χ0) is 16.5. The Morgan fingerprint density at radius 2 is 2.00 bits per heavy atom. The molecule has 25 heavy (non-hydrogen) atoms. The van der Waals surface area contributed by atoms with Crippen molar-refractivity contribution in [1.29, 1.82) is 0 Å². The fraction of sp³-hybridized carbons (Fsp3) is 0.417. The molecule has 0 saturated carbocycles. The van der Waals surface area contributed by atoms with Crippen molar-refractivity contribution in [2.75, 3.05) is 6.61 Å². The molecule has 0 aliphatic carbocycles. The fourth-order valence-corrected chi connectivity index (χ4v) is 4.30. The molecule has 0 aromatic carbocycles. The number of fused-ring (bicyclic) bond motifs is 4. The van der Waals surface area contributed by atoms with E-state index in [1.54, 1.807) is 27.7 Å². The minimum Gasteiger partial charge on any atom is -0.756 e. The van der Waals surface area contributed by atoms with Gasteiger partial charge in [0.15, 0.2) is 23.0 Å². The summed E-state index contributed by atoms with van der Waals surface area (Å²) in [6.07, 6.45) is 2.93. The minimum atomic E-state index is -4.41. The molecule has 2 aliphatic heterocycles. The van der Waals surface area contributed by atoms with Crippen LogP contribution < -0.4 is 34.5 Å². The van der Waals surface area contributed by atoms with Gasteiger partial charge in [-0.25, -0.2) is 15.0 Å². The first kappa shape index (κ1) is 17.5. The molecule has 5 rings (SSSR count). The van der Waals surface area contributed by atoms with Crippen molar-refractivity contribution >= 4 is 24.6 Å². The first-order chi connectivity index (χ1) is 11.6. The molecule has 11 nitrogen and oxygen atoms in total. The quantitative estimate of drug-likeness (QED) is 0.353. The number of hydrogen-bond donors (Lipinski definition) is 1. The number of ether oxygens (including phenoxy) is 1. The number of phosphoric ester groups is 1. The SMILES string of the molecule is O=P1([O-])O[C@@H]2[C@@H](O1)[C@H](n1cnc3c1ncn1ccnc31)O[C@H]2CO.[Na+]. The van der Waals surface area contributed by atoms with Crippen LogP contribution in [0.5, 0.6) is 0 Å². The van der Waals surface area contributed by atoms with Gasteiger partial charge in [-0.05, 0) is 0 Å². The van der Waals surface area contributed by atoms with Crippen LogP contribution in [0.3, 0.4) is 0 Å². The van der Waals surface area contributed by atoms with Gasteiger partial charge in [0.2, 0.25) is 0 Å². The van der Waals surface area contributed by atoms with E-state index in [2.05, 4.69) is 15.0 Å². The van der Waals surface area contributed by atoms with Crippen molar-refractivity contribution < 1.29 is 57.9 Å². The second-order valence-corrected chi connectivity index (χ2v) is 6.88. The van der Waals surface area contributed by atoms with Gasteiger partial charge in [0, 0.05) is 12.4 Å². The molecule has 3 aromatic heterocycles. The maximum absolute atomic E-state index is 11.6. The predicted molar refractivity (Wildman–Crippen MR) is 74.6 cm³/mol. The average Bonchev–Trinajstić information content (AvgIpc) is 3.26. The Balaban J connectivity index is 0.00000157. The van der Waals surface area contributed by atoms with Crippen LogP contribution in [-0.4, -0.2) is 53.9 Å². The summed E-state index contributed by atoms with van der Waals surface area (Å²) in [6.45, 7) is -0.397. The molecule has 0 radical (unpaired) electrons. The first-order valence-corrected chi connectivity index (χ1v) is 8.62. The maximum atomic E-state index is 11.6. The topological polar surface area (TPSA) is 136 Å². The van der Waals surface area contributed by atoms with Crippen LogP contribution in [0, 0.1) is 0 Å². The molecule has 13 heteroatoms. The van der Waals surface area contributed by atoms with Gasteiger partial charge >= 0.3 is 29.6 Å². The monoisotopic (exact) mass is 375 g/mol. The molecular weight excluding hydrogens is 364 g/mol. The van der Waals surface area contributed by atoms with E-state index in [0.29, 0.717) is 16.8 Å². The number of phosphoric acid groups is 1. The molecule has 2 fully saturated rings. The summed E-state index contributed by atoms with van der Waals surface area (Å²) in [6, 6.07) is 0. The van der Waals surface area contributed by atoms with Gasteiger partial charge < -0.3 is 23.8 Å². The minimum absolute atomic E-state index is 0. The van der Waals surface area contributed by atoms with Gasteiger partial charge in [0.05, 0.1) is 12.9 Å². The number of nitrogens with zero attached hydrogens (tertiary/aromatic N) is 5. The summed E-state index contributed by atoms with van der Waals surface area (Å²) < 4.78 is 30.5.